The van der Waals surface area contributed by atoms with Gasteiger partial charge in [0.25, 0.3) is 0 Å². The van der Waals surface area contributed by atoms with E-state index in [0.717, 1.165) is 31.5 Å². The van der Waals surface area contributed by atoms with Crippen LogP contribution in [-0.2, 0) is 6.54 Å². The molecule has 128 valence electrons. The van der Waals surface area contributed by atoms with Gasteiger partial charge in [0.15, 0.2) is 11.6 Å². The van der Waals surface area contributed by atoms with E-state index in [1.165, 1.54) is 24.1 Å². The number of rotatable bonds is 5. The monoisotopic (exact) mass is 330 g/mol. The first kappa shape index (κ1) is 17.1. The van der Waals surface area contributed by atoms with Crippen molar-refractivity contribution in [2.75, 3.05) is 13.1 Å². The Hall–Kier alpha value is -1.78. The van der Waals surface area contributed by atoms with Crippen LogP contribution in [0.4, 0.5) is 8.78 Å². The summed E-state index contributed by atoms with van der Waals surface area (Å²) in [5, 5.41) is 0. The Kier molecular flexibility index (Phi) is 5.59. The van der Waals surface area contributed by atoms with Gasteiger partial charge in [0, 0.05) is 25.0 Å². The topological polar surface area (TPSA) is 29.3 Å². The lowest BCUT2D eigenvalue weighted by Crippen LogP contribution is -2.44. The molecular weight excluding hydrogens is 306 g/mol. The van der Waals surface area contributed by atoms with Crippen molar-refractivity contribution < 1.29 is 8.78 Å². The van der Waals surface area contributed by atoms with Gasteiger partial charge in [-0.15, -0.1) is 0 Å². The number of halogens is 2. The molecule has 2 N–H and O–H groups in total. The van der Waals surface area contributed by atoms with Crippen LogP contribution in [0.1, 0.15) is 36.3 Å². The SMILES string of the molecule is NCC(c1ccc(F)c(F)c1)C1CCCCN1Cc1ccccc1. The van der Waals surface area contributed by atoms with E-state index in [9.17, 15) is 8.78 Å². The quantitative estimate of drug-likeness (QED) is 0.896. The molecule has 3 rings (SSSR count). The third kappa shape index (κ3) is 3.82. The number of piperidine rings is 1. The van der Waals surface area contributed by atoms with Crippen molar-refractivity contribution in [3.8, 4) is 0 Å². The van der Waals surface area contributed by atoms with Crippen molar-refractivity contribution in [3.63, 3.8) is 0 Å². The van der Waals surface area contributed by atoms with E-state index >= 15 is 0 Å². The van der Waals surface area contributed by atoms with Crippen LogP contribution in [-0.4, -0.2) is 24.0 Å². The summed E-state index contributed by atoms with van der Waals surface area (Å²) in [4.78, 5) is 2.44. The molecule has 24 heavy (non-hydrogen) atoms. The molecule has 2 aromatic rings. The third-order valence-electron chi connectivity index (χ3n) is 4.98. The van der Waals surface area contributed by atoms with Crippen molar-refractivity contribution in [3.05, 3.63) is 71.3 Å². The van der Waals surface area contributed by atoms with Gasteiger partial charge in [-0.05, 0) is 42.6 Å². The average Bonchev–Trinajstić information content (AvgIpc) is 2.61. The van der Waals surface area contributed by atoms with Gasteiger partial charge in [-0.2, -0.15) is 0 Å². The molecule has 0 aromatic heterocycles. The molecule has 1 heterocycles. The highest BCUT2D eigenvalue weighted by molar-refractivity contribution is 5.24. The molecule has 0 radical (unpaired) electrons. The summed E-state index contributed by atoms with van der Waals surface area (Å²) in [6.07, 6.45) is 3.35. The Bertz CT molecular complexity index is 660. The molecule has 1 saturated heterocycles. The molecular formula is C20H24F2N2. The van der Waals surface area contributed by atoms with E-state index in [4.69, 9.17) is 5.73 Å². The fraction of sp³-hybridized carbons (Fsp3) is 0.400. The fourth-order valence-electron chi connectivity index (χ4n) is 3.75. The predicted octanol–water partition coefficient (Wildman–Crippen LogP) is 4.06. The van der Waals surface area contributed by atoms with Crippen LogP contribution in [0.5, 0.6) is 0 Å². The second-order valence-electron chi connectivity index (χ2n) is 6.53. The maximum atomic E-state index is 13.7. The summed E-state index contributed by atoms with van der Waals surface area (Å²) in [7, 11) is 0. The second kappa shape index (κ2) is 7.86. The normalized spacial score (nSPS) is 20.0. The number of nitrogens with two attached hydrogens (primary N) is 1. The predicted molar refractivity (Wildman–Crippen MR) is 92.6 cm³/mol. The standard InChI is InChI=1S/C20H24F2N2/c21-18-10-9-16(12-19(18)22)17(13-23)20-8-4-5-11-24(20)14-15-6-2-1-3-7-15/h1-3,6-7,9-10,12,17,20H,4-5,8,11,13-14,23H2. The summed E-state index contributed by atoms with van der Waals surface area (Å²) >= 11 is 0. The van der Waals surface area contributed by atoms with Crippen molar-refractivity contribution in [1.82, 2.24) is 4.90 Å². The molecule has 1 aliphatic heterocycles. The highest BCUT2D eigenvalue weighted by Crippen LogP contribution is 2.31. The summed E-state index contributed by atoms with van der Waals surface area (Å²) in [6, 6.07) is 14.8. The number of benzene rings is 2. The lowest BCUT2D eigenvalue weighted by Gasteiger charge is -2.40. The minimum absolute atomic E-state index is 0.0177. The largest absolute Gasteiger partial charge is 0.330 e. The van der Waals surface area contributed by atoms with Gasteiger partial charge in [0.1, 0.15) is 0 Å². The zero-order chi connectivity index (χ0) is 16.9. The van der Waals surface area contributed by atoms with Gasteiger partial charge < -0.3 is 5.73 Å². The maximum Gasteiger partial charge on any atom is 0.159 e. The summed E-state index contributed by atoms with van der Waals surface area (Å²) in [5.74, 6) is -1.58. The molecule has 0 amide bonds. The van der Waals surface area contributed by atoms with Crippen LogP contribution in [0, 0.1) is 11.6 Å². The minimum atomic E-state index is -0.806. The van der Waals surface area contributed by atoms with E-state index in [0.29, 0.717) is 6.54 Å². The van der Waals surface area contributed by atoms with Gasteiger partial charge in [0.2, 0.25) is 0 Å². The third-order valence-corrected chi connectivity index (χ3v) is 4.98. The lowest BCUT2D eigenvalue weighted by atomic mass is 9.85. The number of hydrogen-bond donors (Lipinski definition) is 1. The molecule has 1 aliphatic rings. The van der Waals surface area contributed by atoms with Crippen LogP contribution in [0.25, 0.3) is 0 Å². The van der Waals surface area contributed by atoms with E-state index in [1.807, 2.05) is 18.2 Å². The molecule has 2 unspecified atom stereocenters. The summed E-state index contributed by atoms with van der Waals surface area (Å²) in [6.45, 7) is 2.31. The Morgan fingerprint density at radius 3 is 2.54 bits per heavy atom. The summed E-state index contributed by atoms with van der Waals surface area (Å²) in [5.41, 5.74) is 8.10. The van der Waals surface area contributed by atoms with Gasteiger partial charge in [-0.3, -0.25) is 4.90 Å². The van der Waals surface area contributed by atoms with E-state index in [1.54, 1.807) is 6.07 Å². The Labute approximate surface area is 142 Å². The molecule has 4 heteroatoms. The van der Waals surface area contributed by atoms with E-state index < -0.39 is 11.6 Å². The zero-order valence-corrected chi connectivity index (χ0v) is 13.8. The molecule has 0 aliphatic carbocycles. The van der Waals surface area contributed by atoms with Crippen LogP contribution >= 0.6 is 0 Å². The van der Waals surface area contributed by atoms with Crippen molar-refractivity contribution in [1.29, 1.82) is 0 Å². The Morgan fingerprint density at radius 1 is 1.04 bits per heavy atom. The van der Waals surface area contributed by atoms with Crippen LogP contribution in [0.15, 0.2) is 48.5 Å². The highest BCUT2D eigenvalue weighted by Gasteiger charge is 2.30. The summed E-state index contributed by atoms with van der Waals surface area (Å²) < 4.78 is 26.9. The van der Waals surface area contributed by atoms with Crippen molar-refractivity contribution in [2.24, 2.45) is 5.73 Å². The van der Waals surface area contributed by atoms with Gasteiger partial charge in [0.05, 0.1) is 0 Å². The lowest BCUT2D eigenvalue weighted by molar-refractivity contribution is 0.119. The average molecular weight is 330 g/mol. The first-order valence-corrected chi connectivity index (χ1v) is 8.62. The molecule has 1 fully saturated rings. The second-order valence-corrected chi connectivity index (χ2v) is 6.53. The molecule has 2 atom stereocenters. The van der Waals surface area contributed by atoms with Gasteiger partial charge in [-0.1, -0.05) is 42.8 Å². The van der Waals surface area contributed by atoms with Crippen LogP contribution in [0.2, 0.25) is 0 Å². The van der Waals surface area contributed by atoms with Gasteiger partial charge in [-0.25, -0.2) is 8.78 Å². The van der Waals surface area contributed by atoms with E-state index in [-0.39, 0.29) is 12.0 Å². The first-order chi connectivity index (χ1) is 11.7. The van der Waals surface area contributed by atoms with E-state index in [2.05, 4.69) is 17.0 Å². The van der Waals surface area contributed by atoms with Gasteiger partial charge >= 0.3 is 0 Å². The number of hydrogen-bond acceptors (Lipinski definition) is 2. The maximum absolute atomic E-state index is 13.7. The molecule has 0 bridgehead atoms. The molecule has 2 aromatic carbocycles. The van der Waals surface area contributed by atoms with Crippen molar-refractivity contribution in [2.45, 2.75) is 37.8 Å². The minimum Gasteiger partial charge on any atom is -0.330 e. The van der Waals surface area contributed by atoms with Crippen LogP contribution < -0.4 is 5.73 Å². The van der Waals surface area contributed by atoms with Crippen molar-refractivity contribution >= 4 is 0 Å². The molecule has 0 saturated carbocycles. The number of nitrogens with zero attached hydrogens (tertiary/aromatic N) is 1. The fourth-order valence-corrected chi connectivity index (χ4v) is 3.75. The Balaban J connectivity index is 1.83. The zero-order valence-electron chi connectivity index (χ0n) is 13.8. The molecule has 2 nitrogen and oxygen atoms in total. The van der Waals surface area contributed by atoms with Crippen LogP contribution in [0.3, 0.4) is 0 Å². The first-order valence-electron chi connectivity index (χ1n) is 8.62. The molecule has 0 spiro atoms. The Morgan fingerprint density at radius 2 is 1.83 bits per heavy atom. The smallest absolute Gasteiger partial charge is 0.159 e. The number of likely N-dealkylation sites (tertiary alicyclic amines) is 1. The highest BCUT2D eigenvalue weighted by atomic mass is 19.2.